The normalized spacial score (nSPS) is 20.3. The second-order valence-electron chi connectivity index (χ2n) is 7.60. The van der Waals surface area contributed by atoms with Gasteiger partial charge >= 0.3 is 6.03 Å². The second-order valence-corrected chi connectivity index (χ2v) is 7.60. The van der Waals surface area contributed by atoms with E-state index in [9.17, 15) is 24.0 Å². The highest BCUT2D eigenvalue weighted by atomic mass is 16.2. The van der Waals surface area contributed by atoms with Gasteiger partial charge in [0.25, 0.3) is 0 Å². The minimum atomic E-state index is -1.14. The smallest absolute Gasteiger partial charge is 0.323 e. The monoisotopic (exact) mass is 420 g/mol. The zero-order valence-corrected chi connectivity index (χ0v) is 16.8. The molecule has 2 heterocycles. The van der Waals surface area contributed by atoms with E-state index in [-0.39, 0.29) is 30.5 Å². The lowest BCUT2D eigenvalue weighted by molar-refractivity contribution is -0.137. The molecule has 0 saturated carbocycles. The summed E-state index contributed by atoms with van der Waals surface area (Å²) < 4.78 is 0. The lowest BCUT2D eigenvalue weighted by Gasteiger charge is -2.24. The van der Waals surface area contributed by atoms with Gasteiger partial charge in [-0.3, -0.25) is 29.8 Å². The summed E-state index contributed by atoms with van der Waals surface area (Å²) in [5.41, 5.74) is 1.000. The molecule has 4 amide bonds. The van der Waals surface area contributed by atoms with Crippen molar-refractivity contribution in [2.75, 3.05) is 12.4 Å². The van der Waals surface area contributed by atoms with Gasteiger partial charge in [-0.1, -0.05) is 24.3 Å². The predicted octanol–water partition coefficient (Wildman–Crippen LogP) is 1.79. The Morgan fingerprint density at radius 3 is 2.65 bits per heavy atom. The number of pyridine rings is 1. The van der Waals surface area contributed by atoms with Crippen molar-refractivity contribution in [2.45, 2.75) is 19.4 Å². The number of ketones is 2. The maximum Gasteiger partial charge on any atom is 0.323 e. The van der Waals surface area contributed by atoms with Crippen LogP contribution in [0.15, 0.2) is 42.6 Å². The Bertz CT molecular complexity index is 1100. The Morgan fingerprint density at radius 1 is 1.13 bits per heavy atom. The molecule has 158 valence electrons. The van der Waals surface area contributed by atoms with E-state index in [1.165, 1.54) is 4.90 Å². The molecule has 2 unspecified atom stereocenters. The molecular formula is C22H20N4O5. The third-order valence-corrected chi connectivity index (χ3v) is 5.57. The highest BCUT2D eigenvalue weighted by Crippen LogP contribution is 2.36. The number of rotatable bonds is 4. The number of amides is 4. The zero-order chi connectivity index (χ0) is 22.1. The Kier molecular flexibility index (Phi) is 5.33. The van der Waals surface area contributed by atoms with Gasteiger partial charge in [-0.15, -0.1) is 0 Å². The Balaban J connectivity index is 1.55. The van der Waals surface area contributed by atoms with Gasteiger partial charge in [0.2, 0.25) is 11.8 Å². The average molecular weight is 420 g/mol. The first-order valence-electron chi connectivity index (χ1n) is 9.84. The van der Waals surface area contributed by atoms with Crippen molar-refractivity contribution in [3.8, 4) is 0 Å². The molecule has 1 aliphatic carbocycles. The number of aromatic nitrogens is 1. The van der Waals surface area contributed by atoms with Crippen molar-refractivity contribution in [3.05, 3.63) is 59.3 Å². The standard InChI is InChI=1S/C22H20N4O5/c1-26(22(31)24-15-7-2-3-10-23-15)11-12-5-4-6-13-17(12)20(29)18(19(13)28)14-8-9-16(27)25-21(14)30/h2-7,10,14,18H,8-9,11H2,1H3,(H,23,24,31)(H,25,27,30). The largest absolute Gasteiger partial charge is 0.323 e. The van der Waals surface area contributed by atoms with Gasteiger partial charge < -0.3 is 4.90 Å². The maximum atomic E-state index is 13.2. The first kappa shape index (κ1) is 20.4. The van der Waals surface area contributed by atoms with E-state index in [2.05, 4.69) is 15.6 Å². The number of anilines is 1. The fourth-order valence-corrected chi connectivity index (χ4v) is 4.03. The Labute approximate surface area is 177 Å². The fraction of sp³-hybridized carbons (Fsp3) is 0.273. The van der Waals surface area contributed by atoms with Gasteiger partial charge in [0.05, 0.1) is 11.8 Å². The average Bonchev–Trinajstić information content (AvgIpc) is 3.00. The molecule has 2 aliphatic rings. The van der Waals surface area contributed by atoms with Crippen molar-refractivity contribution in [3.63, 3.8) is 0 Å². The third-order valence-electron chi connectivity index (χ3n) is 5.57. The lowest BCUT2D eigenvalue weighted by atomic mass is 9.82. The minimum Gasteiger partial charge on any atom is -0.323 e. The van der Waals surface area contributed by atoms with Gasteiger partial charge in [-0.05, 0) is 24.1 Å². The SMILES string of the molecule is CN(Cc1cccc2c1C(=O)C(C1CCC(=O)NC1=O)C2=O)C(=O)Nc1ccccn1. The number of hydrogen-bond donors (Lipinski definition) is 2. The summed E-state index contributed by atoms with van der Waals surface area (Å²) in [5.74, 6) is -3.48. The van der Waals surface area contributed by atoms with Crippen molar-refractivity contribution >= 4 is 35.2 Å². The van der Waals surface area contributed by atoms with Gasteiger partial charge in [-0.25, -0.2) is 9.78 Å². The van der Waals surface area contributed by atoms with Crippen LogP contribution in [0.4, 0.5) is 10.6 Å². The van der Waals surface area contributed by atoms with E-state index < -0.39 is 41.2 Å². The van der Waals surface area contributed by atoms with Crippen molar-refractivity contribution < 1.29 is 24.0 Å². The van der Waals surface area contributed by atoms with Gasteiger partial charge in [-0.2, -0.15) is 0 Å². The molecule has 9 heteroatoms. The molecule has 2 atom stereocenters. The summed E-state index contributed by atoms with van der Waals surface area (Å²) in [7, 11) is 1.57. The molecule has 31 heavy (non-hydrogen) atoms. The number of carbonyl (C=O) groups excluding carboxylic acids is 5. The summed E-state index contributed by atoms with van der Waals surface area (Å²) in [4.78, 5) is 67.7. The highest BCUT2D eigenvalue weighted by molar-refractivity contribution is 6.28. The van der Waals surface area contributed by atoms with E-state index in [0.717, 1.165) is 0 Å². The maximum absolute atomic E-state index is 13.2. The molecule has 0 bridgehead atoms. The van der Waals surface area contributed by atoms with Crippen LogP contribution in [-0.2, 0) is 16.1 Å². The number of imide groups is 1. The second kappa shape index (κ2) is 8.10. The Hall–Kier alpha value is -3.88. The topological polar surface area (TPSA) is 126 Å². The number of hydrogen-bond acceptors (Lipinski definition) is 6. The number of Topliss-reactive ketones (excluding diaryl/α,β-unsaturated/α-hetero) is 2. The number of nitrogens with one attached hydrogen (secondary N) is 2. The van der Waals surface area contributed by atoms with Crippen molar-refractivity contribution in [1.82, 2.24) is 15.2 Å². The molecule has 0 spiro atoms. The molecule has 1 fully saturated rings. The zero-order valence-electron chi connectivity index (χ0n) is 16.8. The quantitative estimate of drug-likeness (QED) is 0.574. The number of benzene rings is 1. The van der Waals surface area contributed by atoms with E-state index in [1.54, 1.807) is 49.6 Å². The van der Waals surface area contributed by atoms with E-state index in [0.29, 0.717) is 11.4 Å². The molecule has 9 nitrogen and oxygen atoms in total. The number of urea groups is 1. The summed E-state index contributed by atoms with van der Waals surface area (Å²) in [5, 5.41) is 4.87. The van der Waals surface area contributed by atoms with Gasteiger partial charge in [0.15, 0.2) is 11.6 Å². The summed E-state index contributed by atoms with van der Waals surface area (Å²) in [6.45, 7) is 0.0862. The lowest BCUT2D eigenvalue weighted by Crippen LogP contribution is -2.46. The number of piperidine rings is 1. The van der Waals surface area contributed by atoms with Crippen LogP contribution >= 0.6 is 0 Å². The Morgan fingerprint density at radius 2 is 1.94 bits per heavy atom. The molecule has 1 aliphatic heterocycles. The number of carbonyl (C=O) groups is 5. The fourth-order valence-electron chi connectivity index (χ4n) is 4.03. The molecule has 4 rings (SSSR count). The molecular weight excluding hydrogens is 400 g/mol. The van der Waals surface area contributed by atoms with Gasteiger partial charge in [0.1, 0.15) is 5.82 Å². The molecule has 1 aromatic carbocycles. The summed E-state index contributed by atoms with van der Waals surface area (Å²) in [6.07, 6.45) is 1.80. The van der Waals surface area contributed by atoms with Crippen LogP contribution in [0.2, 0.25) is 0 Å². The first-order valence-corrected chi connectivity index (χ1v) is 9.84. The third kappa shape index (κ3) is 3.81. The van der Waals surface area contributed by atoms with Crippen LogP contribution in [-0.4, -0.2) is 46.3 Å². The van der Waals surface area contributed by atoms with Gasteiger partial charge in [0, 0.05) is 37.3 Å². The first-order chi connectivity index (χ1) is 14.9. The number of fused-ring (bicyclic) bond motifs is 1. The number of nitrogens with zero attached hydrogens (tertiary/aromatic N) is 2. The summed E-state index contributed by atoms with van der Waals surface area (Å²) >= 11 is 0. The van der Waals surface area contributed by atoms with Crippen molar-refractivity contribution in [2.24, 2.45) is 11.8 Å². The summed E-state index contributed by atoms with van der Waals surface area (Å²) in [6, 6.07) is 9.59. The van der Waals surface area contributed by atoms with Crippen LogP contribution < -0.4 is 10.6 Å². The molecule has 2 aromatic rings. The molecule has 1 saturated heterocycles. The highest BCUT2D eigenvalue weighted by Gasteiger charge is 2.48. The molecule has 0 radical (unpaired) electrons. The van der Waals surface area contributed by atoms with E-state index in [1.807, 2.05) is 0 Å². The van der Waals surface area contributed by atoms with Crippen LogP contribution in [0, 0.1) is 11.8 Å². The predicted molar refractivity (Wildman–Crippen MR) is 109 cm³/mol. The minimum absolute atomic E-state index is 0.0862. The molecule has 1 aromatic heterocycles. The molecule has 2 N–H and O–H groups in total. The van der Waals surface area contributed by atoms with Crippen LogP contribution in [0.1, 0.15) is 39.1 Å². The van der Waals surface area contributed by atoms with Crippen LogP contribution in [0.5, 0.6) is 0 Å². The van der Waals surface area contributed by atoms with Crippen LogP contribution in [0.25, 0.3) is 0 Å². The van der Waals surface area contributed by atoms with Crippen molar-refractivity contribution in [1.29, 1.82) is 0 Å². The van der Waals surface area contributed by atoms with Crippen LogP contribution in [0.3, 0.4) is 0 Å². The van der Waals surface area contributed by atoms with E-state index >= 15 is 0 Å². The van der Waals surface area contributed by atoms with E-state index in [4.69, 9.17) is 0 Å².